The summed E-state index contributed by atoms with van der Waals surface area (Å²) in [6.07, 6.45) is 5.35. The van der Waals surface area contributed by atoms with Gasteiger partial charge >= 0.3 is 0 Å². The maximum Gasteiger partial charge on any atom is 0.254 e. The smallest absolute Gasteiger partial charge is 0.254 e. The monoisotopic (exact) mass is 387 g/mol. The standard InChI is InChI=1S/C20H25N3O3S/c1-3-22(4-2)27(25,26)18-9-7-17(8-10-18)20(24)23-15-5-6-19(23)16-11-13-21-14-12-16/h7-14,19H,3-6,15H2,1-2H3. The lowest BCUT2D eigenvalue weighted by Crippen LogP contribution is -2.31. The molecule has 27 heavy (non-hydrogen) atoms. The maximum absolute atomic E-state index is 13.0. The third-order valence-corrected chi connectivity index (χ3v) is 7.11. The molecular weight excluding hydrogens is 362 g/mol. The number of hydrogen-bond donors (Lipinski definition) is 0. The van der Waals surface area contributed by atoms with E-state index < -0.39 is 10.0 Å². The topological polar surface area (TPSA) is 70.6 Å². The molecule has 2 heterocycles. The predicted octanol–water partition coefficient (Wildman–Crippen LogP) is 3.09. The van der Waals surface area contributed by atoms with Gasteiger partial charge in [0.2, 0.25) is 10.0 Å². The average molecular weight is 388 g/mol. The number of amides is 1. The van der Waals surface area contributed by atoms with Crippen LogP contribution in [-0.4, -0.2) is 48.1 Å². The second kappa shape index (κ2) is 8.19. The summed E-state index contributed by atoms with van der Waals surface area (Å²) in [7, 11) is -3.51. The van der Waals surface area contributed by atoms with Gasteiger partial charge in [0.05, 0.1) is 10.9 Å². The van der Waals surface area contributed by atoms with Crippen molar-refractivity contribution >= 4 is 15.9 Å². The van der Waals surface area contributed by atoms with E-state index >= 15 is 0 Å². The number of likely N-dealkylation sites (tertiary alicyclic amines) is 1. The van der Waals surface area contributed by atoms with Gasteiger partial charge in [-0.15, -0.1) is 0 Å². The molecule has 1 aliphatic rings. The summed E-state index contributed by atoms with van der Waals surface area (Å²) in [4.78, 5) is 19.1. The van der Waals surface area contributed by atoms with Gasteiger partial charge in [0, 0.05) is 37.6 Å². The zero-order valence-electron chi connectivity index (χ0n) is 15.7. The van der Waals surface area contributed by atoms with E-state index in [-0.39, 0.29) is 16.8 Å². The highest BCUT2D eigenvalue weighted by molar-refractivity contribution is 7.89. The summed E-state index contributed by atoms with van der Waals surface area (Å²) in [5, 5.41) is 0. The van der Waals surface area contributed by atoms with Crippen LogP contribution in [0, 0.1) is 0 Å². The molecule has 0 spiro atoms. The van der Waals surface area contributed by atoms with Gasteiger partial charge in [-0.05, 0) is 54.8 Å². The quantitative estimate of drug-likeness (QED) is 0.764. The lowest BCUT2D eigenvalue weighted by molar-refractivity contribution is 0.0735. The van der Waals surface area contributed by atoms with Gasteiger partial charge in [-0.2, -0.15) is 4.31 Å². The van der Waals surface area contributed by atoms with Crippen molar-refractivity contribution in [3.8, 4) is 0 Å². The fraction of sp³-hybridized carbons (Fsp3) is 0.400. The fourth-order valence-corrected chi connectivity index (χ4v) is 5.05. The Hall–Kier alpha value is -2.25. The third kappa shape index (κ3) is 3.89. The molecule has 0 aliphatic carbocycles. The van der Waals surface area contributed by atoms with Crippen molar-refractivity contribution in [1.82, 2.24) is 14.2 Å². The van der Waals surface area contributed by atoms with Crippen molar-refractivity contribution in [1.29, 1.82) is 0 Å². The van der Waals surface area contributed by atoms with E-state index in [1.54, 1.807) is 24.5 Å². The highest BCUT2D eigenvalue weighted by atomic mass is 32.2. The van der Waals surface area contributed by atoms with Gasteiger partial charge < -0.3 is 4.90 Å². The van der Waals surface area contributed by atoms with E-state index in [0.29, 0.717) is 25.2 Å². The van der Waals surface area contributed by atoms with E-state index in [9.17, 15) is 13.2 Å². The summed E-state index contributed by atoms with van der Waals surface area (Å²) in [6.45, 7) is 5.16. The van der Waals surface area contributed by atoms with Crippen molar-refractivity contribution in [2.75, 3.05) is 19.6 Å². The zero-order valence-corrected chi connectivity index (χ0v) is 16.5. The van der Waals surface area contributed by atoms with Crippen LogP contribution < -0.4 is 0 Å². The Labute approximate surface area is 160 Å². The van der Waals surface area contributed by atoms with Crippen molar-refractivity contribution in [2.24, 2.45) is 0 Å². The molecule has 1 aliphatic heterocycles. The van der Waals surface area contributed by atoms with Gasteiger partial charge in [0.1, 0.15) is 0 Å². The van der Waals surface area contributed by atoms with Gasteiger partial charge in [0.15, 0.2) is 0 Å². The second-order valence-electron chi connectivity index (χ2n) is 6.55. The number of carbonyl (C=O) groups is 1. The van der Waals surface area contributed by atoms with Gasteiger partial charge in [-0.3, -0.25) is 9.78 Å². The van der Waals surface area contributed by atoms with Crippen molar-refractivity contribution < 1.29 is 13.2 Å². The van der Waals surface area contributed by atoms with Gasteiger partial charge in [-0.1, -0.05) is 13.8 Å². The Morgan fingerprint density at radius 1 is 1.11 bits per heavy atom. The van der Waals surface area contributed by atoms with Gasteiger partial charge in [0.25, 0.3) is 5.91 Å². The number of sulfonamides is 1. The summed E-state index contributed by atoms with van der Waals surface area (Å²) < 4.78 is 26.6. The van der Waals surface area contributed by atoms with E-state index in [0.717, 1.165) is 18.4 Å². The minimum absolute atomic E-state index is 0.0413. The molecule has 1 atom stereocenters. The first-order valence-corrected chi connectivity index (χ1v) is 10.7. The molecule has 0 N–H and O–H groups in total. The Bertz CT molecular complexity index is 878. The SMILES string of the molecule is CCN(CC)S(=O)(=O)c1ccc(C(=O)N2CCCC2c2ccncc2)cc1. The highest BCUT2D eigenvalue weighted by Gasteiger charge is 2.31. The van der Waals surface area contributed by atoms with Crippen molar-refractivity contribution in [2.45, 2.75) is 37.6 Å². The number of nitrogens with zero attached hydrogens (tertiary/aromatic N) is 3. The first-order valence-electron chi connectivity index (χ1n) is 9.30. The number of rotatable bonds is 6. The van der Waals surface area contributed by atoms with Crippen LogP contribution in [0.15, 0.2) is 53.7 Å². The minimum atomic E-state index is -3.51. The zero-order chi connectivity index (χ0) is 19.4. The molecule has 0 bridgehead atoms. The first-order chi connectivity index (χ1) is 13.0. The Kier molecular flexibility index (Phi) is 5.92. The molecule has 2 aromatic rings. The summed E-state index contributed by atoms with van der Waals surface area (Å²) >= 11 is 0. The molecule has 1 saturated heterocycles. The number of hydrogen-bond acceptors (Lipinski definition) is 4. The van der Waals surface area contributed by atoms with Crippen LogP contribution in [0.4, 0.5) is 0 Å². The van der Waals surface area contributed by atoms with Crippen LogP contribution in [0.3, 0.4) is 0 Å². The Morgan fingerprint density at radius 2 is 1.74 bits per heavy atom. The van der Waals surface area contributed by atoms with Crippen LogP contribution in [0.25, 0.3) is 0 Å². The molecule has 0 saturated carbocycles. The summed E-state index contributed by atoms with van der Waals surface area (Å²) in [6, 6.07) is 10.2. The highest BCUT2D eigenvalue weighted by Crippen LogP contribution is 2.33. The first kappa shape index (κ1) is 19.5. The van der Waals surface area contributed by atoms with E-state index in [1.807, 2.05) is 30.9 Å². The molecule has 1 aromatic carbocycles. The molecule has 3 rings (SSSR count). The molecule has 7 heteroatoms. The van der Waals surface area contributed by atoms with Gasteiger partial charge in [-0.25, -0.2) is 8.42 Å². The van der Waals surface area contributed by atoms with Crippen LogP contribution in [-0.2, 0) is 10.0 Å². The number of aromatic nitrogens is 1. The molecule has 0 radical (unpaired) electrons. The minimum Gasteiger partial charge on any atom is -0.332 e. The molecule has 1 unspecified atom stereocenters. The number of benzene rings is 1. The lowest BCUT2D eigenvalue weighted by Gasteiger charge is -2.25. The van der Waals surface area contributed by atoms with Crippen LogP contribution in [0.1, 0.15) is 48.7 Å². The average Bonchev–Trinajstić information content (AvgIpc) is 3.19. The number of pyridine rings is 1. The Balaban J connectivity index is 1.82. The molecular formula is C20H25N3O3S. The summed E-state index contributed by atoms with van der Waals surface area (Å²) in [5.74, 6) is -0.0684. The summed E-state index contributed by atoms with van der Waals surface area (Å²) in [5.41, 5.74) is 1.59. The van der Waals surface area contributed by atoms with Crippen LogP contribution >= 0.6 is 0 Å². The third-order valence-electron chi connectivity index (χ3n) is 5.05. The normalized spacial score (nSPS) is 17.4. The van der Waals surface area contributed by atoms with E-state index in [4.69, 9.17) is 0 Å². The molecule has 6 nitrogen and oxygen atoms in total. The van der Waals surface area contributed by atoms with E-state index in [2.05, 4.69) is 4.98 Å². The van der Waals surface area contributed by atoms with Crippen molar-refractivity contribution in [3.05, 3.63) is 59.9 Å². The van der Waals surface area contributed by atoms with E-state index in [1.165, 1.54) is 16.4 Å². The van der Waals surface area contributed by atoms with Crippen LogP contribution in [0.2, 0.25) is 0 Å². The predicted molar refractivity (Wildman–Crippen MR) is 104 cm³/mol. The Morgan fingerprint density at radius 3 is 2.33 bits per heavy atom. The second-order valence-corrected chi connectivity index (χ2v) is 8.49. The molecule has 144 valence electrons. The maximum atomic E-state index is 13.0. The molecule has 1 fully saturated rings. The molecule has 1 amide bonds. The fourth-order valence-electron chi connectivity index (χ4n) is 3.59. The van der Waals surface area contributed by atoms with Crippen LogP contribution in [0.5, 0.6) is 0 Å². The largest absolute Gasteiger partial charge is 0.332 e. The van der Waals surface area contributed by atoms with Crippen molar-refractivity contribution in [3.63, 3.8) is 0 Å². The number of carbonyl (C=O) groups excluding carboxylic acids is 1. The lowest BCUT2D eigenvalue weighted by atomic mass is 10.1. The molecule has 1 aromatic heterocycles.